The molecule has 1 aromatic heterocycles. The van der Waals surface area contributed by atoms with Gasteiger partial charge in [0, 0.05) is 11.3 Å². The van der Waals surface area contributed by atoms with Gasteiger partial charge in [-0.2, -0.15) is 5.10 Å². The molecule has 1 N–H and O–H groups in total. The van der Waals surface area contributed by atoms with Crippen LogP contribution < -0.4 is 10.2 Å². The molecule has 4 rings (SSSR count). The van der Waals surface area contributed by atoms with Crippen molar-refractivity contribution in [2.75, 3.05) is 12.9 Å². The van der Waals surface area contributed by atoms with E-state index >= 15 is 0 Å². The van der Waals surface area contributed by atoms with E-state index in [1.54, 1.807) is 13.3 Å². The van der Waals surface area contributed by atoms with E-state index in [1.807, 2.05) is 89.5 Å². The molecule has 0 saturated carbocycles. The molecule has 0 radical (unpaired) electrons. The largest absolute Gasteiger partial charge is 0.497 e. The minimum Gasteiger partial charge on any atom is -0.497 e. The summed E-state index contributed by atoms with van der Waals surface area (Å²) >= 11 is 1.30. The van der Waals surface area contributed by atoms with E-state index in [0.29, 0.717) is 5.16 Å². The van der Waals surface area contributed by atoms with Crippen LogP contribution in [0.25, 0.3) is 17.1 Å². The predicted octanol–water partition coefficient (Wildman–Crippen LogP) is 4.19. The number of rotatable bonds is 8. The molecule has 8 heteroatoms. The topological polar surface area (TPSA) is 81.4 Å². The number of benzene rings is 3. The Morgan fingerprint density at radius 2 is 1.78 bits per heavy atom. The average molecular weight is 444 g/mol. The van der Waals surface area contributed by atoms with E-state index in [-0.39, 0.29) is 11.7 Å². The smallest absolute Gasteiger partial charge is 0.250 e. The van der Waals surface area contributed by atoms with Gasteiger partial charge in [0.15, 0.2) is 11.0 Å². The minimum atomic E-state index is -0.238. The highest BCUT2D eigenvalue weighted by Crippen LogP contribution is 2.27. The summed E-state index contributed by atoms with van der Waals surface area (Å²) < 4.78 is 7.14. The van der Waals surface area contributed by atoms with Crippen LogP contribution in [-0.4, -0.2) is 39.7 Å². The summed E-state index contributed by atoms with van der Waals surface area (Å²) in [5, 5.41) is 13.4. The van der Waals surface area contributed by atoms with Crippen LogP contribution in [-0.2, 0) is 4.79 Å². The molecule has 4 aromatic rings. The van der Waals surface area contributed by atoms with E-state index in [2.05, 4.69) is 20.7 Å². The highest BCUT2D eigenvalue weighted by Gasteiger charge is 2.16. The Balaban J connectivity index is 1.46. The lowest BCUT2D eigenvalue weighted by Gasteiger charge is -2.10. The molecule has 0 spiro atoms. The van der Waals surface area contributed by atoms with Crippen LogP contribution in [0.15, 0.2) is 95.2 Å². The standard InChI is InChI=1S/C24H21N5O2S/c1-31-21-14-8-9-18(15-21)16-25-26-22(30)17-32-24-28-27-23(19-10-4-2-5-11-19)29(24)20-12-6-3-7-13-20/h2-16H,17H2,1H3,(H,26,30)/b25-16-. The summed E-state index contributed by atoms with van der Waals surface area (Å²) in [6.45, 7) is 0. The van der Waals surface area contributed by atoms with E-state index in [4.69, 9.17) is 4.74 Å². The van der Waals surface area contributed by atoms with Crippen LogP contribution in [0.1, 0.15) is 5.56 Å². The fraction of sp³-hybridized carbons (Fsp3) is 0.0833. The van der Waals surface area contributed by atoms with Crippen molar-refractivity contribution in [3.8, 4) is 22.8 Å². The number of amides is 1. The molecule has 0 aliphatic rings. The molecule has 3 aromatic carbocycles. The maximum absolute atomic E-state index is 12.3. The van der Waals surface area contributed by atoms with Crippen LogP contribution in [0.4, 0.5) is 0 Å². The first kappa shape index (κ1) is 21.3. The van der Waals surface area contributed by atoms with Crippen molar-refractivity contribution < 1.29 is 9.53 Å². The molecule has 0 atom stereocenters. The third-order valence-electron chi connectivity index (χ3n) is 4.51. The Bertz CT molecular complexity index is 1210. The normalized spacial score (nSPS) is 10.9. The Morgan fingerprint density at radius 1 is 1.03 bits per heavy atom. The molecule has 160 valence electrons. The third-order valence-corrected chi connectivity index (χ3v) is 5.44. The summed E-state index contributed by atoms with van der Waals surface area (Å²) in [5.41, 5.74) is 5.25. The second-order valence-electron chi connectivity index (χ2n) is 6.70. The Hall–Kier alpha value is -3.91. The van der Waals surface area contributed by atoms with Crippen LogP contribution in [0, 0.1) is 0 Å². The van der Waals surface area contributed by atoms with Gasteiger partial charge >= 0.3 is 0 Å². The van der Waals surface area contributed by atoms with Gasteiger partial charge in [0.05, 0.1) is 19.1 Å². The van der Waals surface area contributed by atoms with Crippen molar-refractivity contribution in [2.45, 2.75) is 5.16 Å². The summed E-state index contributed by atoms with van der Waals surface area (Å²) in [6.07, 6.45) is 1.57. The number of para-hydroxylation sites is 1. The molecular weight excluding hydrogens is 422 g/mol. The lowest BCUT2D eigenvalue weighted by molar-refractivity contribution is -0.118. The summed E-state index contributed by atoms with van der Waals surface area (Å²) in [7, 11) is 1.60. The zero-order valence-corrected chi connectivity index (χ0v) is 18.2. The van der Waals surface area contributed by atoms with Crippen molar-refractivity contribution in [3.63, 3.8) is 0 Å². The molecule has 0 bridgehead atoms. The fourth-order valence-corrected chi connectivity index (χ4v) is 3.75. The second kappa shape index (κ2) is 10.4. The molecule has 0 aliphatic carbocycles. The number of hydrogen-bond acceptors (Lipinski definition) is 6. The van der Waals surface area contributed by atoms with Gasteiger partial charge in [-0.05, 0) is 29.8 Å². The third kappa shape index (κ3) is 5.22. The first-order valence-electron chi connectivity index (χ1n) is 9.89. The van der Waals surface area contributed by atoms with Crippen molar-refractivity contribution in [1.82, 2.24) is 20.2 Å². The zero-order valence-electron chi connectivity index (χ0n) is 17.4. The zero-order chi connectivity index (χ0) is 22.2. The number of hydrazone groups is 1. The number of carbonyl (C=O) groups excluding carboxylic acids is 1. The Morgan fingerprint density at radius 3 is 2.53 bits per heavy atom. The highest BCUT2D eigenvalue weighted by molar-refractivity contribution is 7.99. The lowest BCUT2D eigenvalue weighted by Crippen LogP contribution is -2.20. The molecule has 0 saturated heterocycles. The number of thioether (sulfide) groups is 1. The molecule has 32 heavy (non-hydrogen) atoms. The maximum Gasteiger partial charge on any atom is 0.250 e. The molecule has 7 nitrogen and oxygen atoms in total. The van der Waals surface area contributed by atoms with E-state index in [1.165, 1.54) is 11.8 Å². The number of aromatic nitrogens is 3. The number of hydrogen-bond donors (Lipinski definition) is 1. The van der Waals surface area contributed by atoms with Gasteiger partial charge < -0.3 is 4.74 Å². The van der Waals surface area contributed by atoms with Gasteiger partial charge in [-0.1, -0.05) is 72.4 Å². The van der Waals surface area contributed by atoms with Gasteiger partial charge in [0.2, 0.25) is 0 Å². The number of nitrogens with zero attached hydrogens (tertiary/aromatic N) is 4. The average Bonchev–Trinajstić information content (AvgIpc) is 3.28. The molecule has 0 aliphatic heterocycles. The first-order valence-corrected chi connectivity index (χ1v) is 10.9. The molecule has 1 amide bonds. The predicted molar refractivity (Wildman–Crippen MR) is 126 cm³/mol. The monoisotopic (exact) mass is 443 g/mol. The van der Waals surface area contributed by atoms with Gasteiger partial charge in [0.1, 0.15) is 5.75 Å². The minimum absolute atomic E-state index is 0.148. The van der Waals surface area contributed by atoms with Gasteiger partial charge in [-0.3, -0.25) is 9.36 Å². The van der Waals surface area contributed by atoms with Crippen LogP contribution >= 0.6 is 11.8 Å². The van der Waals surface area contributed by atoms with Crippen LogP contribution in [0.2, 0.25) is 0 Å². The van der Waals surface area contributed by atoms with Gasteiger partial charge in [0.25, 0.3) is 5.91 Å². The number of nitrogens with one attached hydrogen (secondary N) is 1. The molecule has 1 heterocycles. The SMILES string of the molecule is COc1cccc(/C=N\NC(=O)CSc2nnc(-c3ccccc3)n2-c2ccccc2)c1. The van der Waals surface area contributed by atoms with E-state index in [9.17, 15) is 4.79 Å². The Labute approximate surface area is 190 Å². The molecule has 0 unspecified atom stereocenters. The second-order valence-corrected chi connectivity index (χ2v) is 7.64. The van der Waals surface area contributed by atoms with Crippen molar-refractivity contribution in [1.29, 1.82) is 0 Å². The Kier molecular flexibility index (Phi) is 6.94. The van der Waals surface area contributed by atoms with Crippen LogP contribution in [0.5, 0.6) is 5.75 Å². The molecule has 0 fully saturated rings. The van der Waals surface area contributed by atoms with Gasteiger partial charge in [-0.15, -0.1) is 10.2 Å². The lowest BCUT2D eigenvalue weighted by atomic mass is 10.2. The van der Waals surface area contributed by atoms with E-state index in [0.717, 1.165) is 28.4 Å². The maximum atomic E-state index is 12.3. The van der Waals surface area contributed by atoms with Gasteiger partial charge in [-0.25, -0.2) is 5.43 Å². The first-order chi connectivity index (χ1) is 15.7. The van der Waals surface area contributed by atoms with Crippen molar-refractivity contribution in [2.24, 2.45) is 5.10 Å². The van der Waals surface area contributed by atoms with Crippen molar-refractivity contribution in [3.05, 3.63) is 90.5 Å². The van der Waals surface area contributed by atoms with E-state index < -0.39 is 0 Å². The number of ether oxygens (including phenoxy) is 1. The molecular formula is C24H21N5O2S. The number of carbonyl (C=O) groups is 1. The quantitative estimate of drug-likeness (QED) is 0.251. The summed E-state index contributed by atoms with van der Waals surface area (Å²) in [6, 6.07) is 27.1. The van der Waals surface area contributed by atoms with Crippen molar-refractivity contribution >= 4 is 23.9 Å². The van der Waals surface area contributed by atoms with Crippen LogP contribution in [0.3, 0.4) is 0 Å². The fourth-order valence-electron chi connectivity index (χ4n) is 3.01. The summed E-state index contributed by atoms with van der Waals surface area (Å²) in [4.78, 5) is 12.3. The summed E-state index contributed by atoms with van der Waals surface area (Å²) in [5.74, 6) is 1.36. The number of methoxy groups -OCH3 is 1. The highest BCUT2D eigenvalue weighted by atomic mass is 32.2.